The largest absolute Gasteiger partial charge is 0.311 e. The number of anilines is 1. The van der Waals surface area contributed by atoms with Gasteiger partial charge < -0.3 is 4.90 Å². The number of benzene rings is 2. The van der Waals surface area contributed by atoms with E-state index in [4.69, 9.17) is 0 Å². The minimum atomic E-state index is 0.221. The molecule has 3 rings (SSSR count). The summed E-state index contributed by atoms with van der Waals surface area (Å²) < 4.78 is 0. The fraction of sp³-hybridized carbons (Fsp3) is 0.278. The average molecular weight is 297 g/mol. The fourth-order valence-electron chi connectivity index (χ4n) is 2.70. The van der Waals surface area contributed by atoms with Gasteiger partial charge in [0.05, 0.1) is 5.75 Å². The summed E-state index contributed by atoms with van der Waals surface area (Å²) in [5, 5.41) is 0. The van der Waals surface area contributed by atoms with Crippen molar-refractivity contribution in [1.82, 2.24) is 0 Å². The molecule has 0 saturated carbocycles. The molecular weight excluding hydrogens is 278 g/mol. The van der Waals surface area contributed by atoms with Gasteiger partial charge >= 0.3 is 0 Å². The van der Waals surface area contributed by atoms with Crippen molar-refractivity contribution >= 4 is 23.4 Å². The van der Waals surface area contributed by atoms with Crippen molar-refractivity contribution in [2.24, 2.45) is 0 Å². The third kappa shape index (κ3) is 3.13. The summed E-state index contributed by atoms with van der Waals surface area (Å²) in [5.74, 6) is 1.66. The van der Waals surface area contributed by atoms with Crippen molar-refractivity contribution in [3.05, 3.63) is 65.2 Å². The Morgan fingerprint density at radius 2 is 1.90 bits per heavy atom. The SMILES string of the molecule is Cc1ccccc1CSCC(=O)N1CCc2ccccc21. The zero-order chi connectivity index (χ0) is 14.7. The number of fused-ring (bicyclic) bond motifs is 1. The Bertz CT molecular complexity index is 653. The van der Waals surface area contributed by atoms with Gasteiger partial charge in [-0.15, -0.1) is 11.8 Å². The quantitative estimate of drug-likeness (QED) is 0.855. The molecule has 0 unspecified atom stereocenters. The van der Waals surface area contributed by atoms with Gasteiger partial charge in [0.1, 0.15) is 0 Å². The Kier molecular flexibility index (Phi) is 4.30. The maximum atomic E-state index is 12.4. The molecule has 2 aromatic rings. The molecule has 21 heavy (non-hydrogen) atoms. The second-order valence-corrected chi connectivity index (χ2v) is 6.33. The molecule has 0 atom stereocenters. The van der Waals surface area contributed by atoms with Crippen molar-refractivity contribution in [2.45, 2.75) is 19.1 Å². The molecule has 1 aliphatic rings. The number of hydrogen-bond acceptors (Lipinski definition) is 2. The van der Waals surface area contributed by atoms with Gasteiger partial charge in [0.25, 0.3) is 0 Å². The molecule has 1 amide bonds. The number of aryl methyl sites for hydroxylation is 1. The number of hydrogen-bond donors (Lipinski definition) is 0. The maximum absolute atomic E-state index is 12.4. The molecule has 0 spiro atoms. The molecular formula is C18H19NOS. The molecule has 3 heteroatoms. The Morgan fingerprint density at radius 1 is 1.14 bits per heavy atom. The lowest BCUT2D eigenvalue weighted by Gasteiger charge is -2.17. The van der Waals surface area contributed by atoms with Crippen LogP contribution in [0, 0.1) is 6.92 Å². The topological polar surface area (TPSA) is 20.3 Å². The first-order valence-electron chi connectivity index (χ1n) is 7.26. The van der Waals surface area contributed by atoms with Crippen molar-refractivity contribution in [3.8, 4) is 0 Å². The molecule has 0 bridgehead atoms. The number of carbonyl (C=O) groups is 1. The van der Waals surface area contributed by atoms with E-state index >= 15 is 0 Å². The van der Waals surface area contributed by atoms with Gasteiger partial charge in [-0.1, -0.05) is 42.5 Å². The molecule has 0 saturated heterocycles. The van der Waals surface area contributed by atoms with E-state index in [0.29, 0.717) is 5.75 Å². The number of nitrogens with zero attached hydrogens (tertiary/aromatic N) is 1. The van der Waals surface area contributed by atoms with E-state index in [1.807, 2.05) is 23.1 Å². The van der Waals surface area contributed by atoms with Gasteiger partial charge in [-0.3, -0.25) is 4.79 Å². The average Bonchev–Trinajstić information content (AvgIpc) is 2.93. The summed E-state index contributed by atoms with van der Waals surface area (Å²) in [5.41, 5.74) is 5.00. The first-order valence-corrected chi connectivity index (χ1v) is 8.41. The molecule has 108 valence electrons. The molecule has 0 aliphatic carbocycles. The Morgan fingerprint density at radius 3 is 2.76 bits per heavy atom. The molecule has 1 aliphatic heterocycles. The van der Waals surface area contributed by atoms with Crippen LogP contribution in [-0.2, 0) is 17.0 Å². The van der Waals surface area contributed by atoms with E-state index in [-0.39, 0.29) is 5.91 Å². The summed E-state index contributed by atoms with van der Waals surface area (Å²) in [4.78, 5) is 14.3. The first kappa shape index (κ1) is 14.2. The van der Waals surface area contributed by atoms with Gasteiger partial charge in [-0.2, -0.15) is 0 Å². The molecule has 0 radical (unpaired) electrons. The molecule has 2 aromatic carbocycles. The van der Waals surface area contributed by atoms with Crippen molar-refractivity contribution < 1.29 is 4.79 Å². The molecule has 0 fully saturated rings. The lowest BCUT2D eigenvalue weighted by molar-refractivity contribution is -0.116. The predicted molar refractivity (Wildman–Crippen MR) is 89.8 cm³/mol. The number of rotatable bonds is 4. The third-order valence-corrected chi connectivity index (χ3v) is 4.90. The highest BCUT2D eigenvalue weighted by molar-refractivity contribution is 7.99. The van der Waals surface area contributed by atoms with Gasteiger partial charge in [0.2, 0.25) is 5.91 Å². The highest BCUT2D eigenvalue weighted by Gasteiger charge is 2.23. The van der Waals surface area contributed by atoms with Crippen LogP contribution in [0.25, 0.3) is 0 Å². The number of amides is 1. The highest BCUT2D eigenvalue weighted by Crippen LogP contribution is 2.28. The second-order valence-electron chi connectivity index (χ2n) is 5.34. The minimum Gasteiger partial charge on any atom is -0.311 e. The van der Waals surface area contributed by atoms with Crippen LogP contribution in [0.15, 0.2) is 48.5 Å². The van der Waals surface area contributed by atoms with E-state index in [0.717, 1.165) is 24.4 Å². The van der Waals surface area contributed by atoms with E-state index in [1.54, 1.807) is 11.8 Å². The Hall–Kier alpha value is -1.74. The lowest BCUT2D eigenvalue weighted by atomic mass is 10.1. The van der Waals surface area contributed by atoms with Crippen LogP contribution in [0.2, 0.25) is 0 Å². The molecule has 0 N–H and O–H groups in total. The third-order valence-electron chi connectivity index (χ3n) is 3.93. The zero-order valence-corrected chi connectivity index (χ0v) is 13.0. The summed E-state index contributed by atoms with van der Waals surface area (Å²) in [7, 11) is 0. The van der Waals surface area contributed by atoms with Crippen LogP contribution in [0.5, 0.6) is 0 Å². The maximum Gasteiger partial charge on any atom is 0.237 e. The second kappa shape index (κ2) is 6.35. The molecule has 2 nitrogen and oxygen atoms in total. The van der Waals surface area contributed by atoms with E-state index in [9.17, 15) is 4.79 Å². The minimum absolute atomic E-state index is 0.221. The lowest BCUT2D eigenvalue weighted by Crippen LogP contribution is -2.30. The van der Waals surface area contributed by atoms with Crippen LogP contribution in [0.4, 0.5) is 5.69 Å². The Labute approximate surface area is 130 Å². The van der Waals surface area contributed by atoms with E-state index < -0.39 is 0 Å². The summed E-state index contributed by atoms with van der Waals surface area (Å²) in [6.07, 6.45) is 0.977. The van der Waals surface area contributed by atoms with Crippen LogP contribution in [0.3, 0.4) is 0 Å². The highest BCUT2D eigenvalue weighted by atomic mass is 32.2. The van der Waals surface area contributed by atoms with Crippen LogP contribution in [-0.4, -0.2) is 18.2 Å². The Balaban J connectivity index is 1.57. The summed E-state index contributed by atoms with van der Waals surface area (Å²) in [6.45, 7) is 2.94. The van der Waals surface area contributed by atoms with Gasteiger partial charge in [0.15, 0.2) is 0 Å². The van der Waals surface area contributed by atoms with Crippen LogP contribution >= 0.6 is 11.8 Å². The van der Waals surface area contributed by atoms with Crippen molar-refractivity contribution in [3.63, 3.8) is 0 Å². The van der Waals surface area contributed by atoms with Crippen LogP contribution in [0.1, 0.15) is 16.7 Å². The van der Waals surface area contributed by atoms with Crippen molar-refractivity contribution in [1.29, 1.82) is 0 Å². The number of thioether (sulfide) groups is 1. The normalized spacial score (nSPS) is 13.3. The predicted octanol–water partition coefficient (Wildman–Crippen LogP) is 3.82. The van der Waals surface area contributed by atoms with E-state index in [1.165, 1.54) is 16.7 Å². The van der Waals surface area contributed by atoms with Gasteiger partial charge in [-0.05, 0) is 36.1 Å². The summed E-state index contributed by atoms with van der Waals surface area (Å²) in [6, 6.07) is 16.6. The number of para-hydroxylation sites is 1. The number of carbonyl (C=O) groups excluding carboxylic acids is 1. The summed E-state index contributed by atoms with van der Waals surface area (Å²) >= 11 is 1.70. The van der Waals surface area contributed by atoms with Gasteiger partial charge in [-0.25, -0.2) is 0 Å². The first-order chi connectivity index (χ1) is 10.3. The smallest absolute Gasteiger partial charge is 0.237 e. The zero-order valence-electron chi connectivity index (χ0n) is 12.2. The fourth-order valence-corrected chi connectivity index (χ4v) is 3.67. The molecule has 1 heterocycles. The monoisotopic (exact) mass is 297 g/mol. The molecule has 0 aromatic heterocycles. The van der Waals surface area contributed by atoms with Crippen molar-refractivity contribution in [2.75, 3.05) is 17.2 Å². The van der Waals surface area contributed by atoms with Crippen LogP contribution < -0.4 is 4.90 Å². The van der Waals surface area contributed by atoms with Gasteiger partial charge in [0, 0.05) is 18.0 Å². The van der Waals surface area contributed by atoms with E-state index in [2.05, 4.69) is 37.3 Å². The standard InChI is InChI=1S/C18H19NOS/c1-14-6-2-3-8-16(14)12-21-13-18(20)19-11-10-15-7-4-5-9-17(15)19/h2-9H,10-13H2,1H3.